The molecule has 3 rings (SSSR count). The summed E-state index contributed by atoms with van der Waals surface area (Å²) in [7, 11) is 0. The Kier molecular flexibility index (Phi) is 4.12. The fraction of sp³-hybridized carbons (Fsp3) is 0. The van der Waals surface area contributed by atoms with Gasteiger partial charge in [-0.05, 0) is 36.4 Å². The van der Waals surface area contributed by atoms with Crippen molar-refractivity contribution in [3.05, 3.63) is 71.0 Å². The molecule has 2 aromatic carbocycles. The number of carbonyl (C=O) groups is 1. The fourth-order valence-electron chi connectivity index (χ4n) is 2.00. The number of hydrogen-bond donors (Lipinski definition) is 1. The highest BCUT2D eigenvalue weighted by molar-refractivity contribution is 7.14. The number of nitrogens with zero attached hydrogens (tertiary/aromatic N) is 1. The van der Waals surface area contributed by atoms with E-state index in [9.17, 15) is 18.0 Å². The molecule has 0 saturated carbocycles. The second-order valence-electron chi connectivity index (χ2n) is 4.59. The first kappa shape index (κ1) is 15.2. The Labute approximate surface area is 133 Å². The van der Waals surface area contributed by atoms with Crippen LogP contribution in [0.25, 0.3) is 11.3 Å². The number of hydrogen-bond acceptors (Lipinski definition) is 3. The fourth-order valence-corrected chi connectivity index (χ4v) is 2.70. The highest BCUT2D eigenvalue weighted by Gasteiger charge is 2.18. The molecule has 7 heteroatoms. The Morgan fingerprint density at radius 3 is 2.52 bits per heavy atom. The minimum Gasteiger partial charge on any atom is -0.312 e. The average molecular weight is 334 g/mol. The van der Waals surface area contributed by atoms with Crippen molar-refractivity contribution in [2.45, 2.75) is 0 Å². The molecule has 23 heavy (non-hydrogen) atoms. The second-order valence-corrected chi connectivity index (χ2v) is 5.45. The van der Waals surface area contributed by atoms with Crippen LogP contribution in [0.4, 0.5) is 18.2 Å². The van der Waals surface area contributed by atoms with E-state index < -0.39 is 28.9 Å². The third-order valence-corrected chi connectivity index (χ3v) is 3.85. The molecule has 0 saturated heterocycles. The molecule has 0 aliphatic heterocycles. The first-order chi connectivity index (χ1) is 11.1. The van der Waals surface area contributed by atoms with Gasteiger partial charge < -0.3 is 5.32 Å². The van der Waals surface area contributed by atoms with Crippen LogP contribution < -0.4 is 5.32 Å². The van der Waals surface area contributed by atoms with Crippen molar-refractivity contribution in [1.82, 2.24) is 4.98 Å². The molecule has 0 radical (unpaired) electrons. The van der Waals surface area contributed by atoms with E-state index in [2.05, 4.69) is 10.3 Å². The second kappa shape index (κ2) is 6.21. The minimum atomic E-state index is -1.21. The molecule has 0 spiro atoms. The van der Waals surface area contributed by atoms with Crippen molar-refractivity contribution in [3.8, 4) is 11.3 Å². The third kappa shape index (κ3) is 3.09. The van der Waals surface area contributed by atoms with Gasteiger partial charge in [-0.2, -0.15) is 0 Å². The summed E-state index contributed by atoms with van der Waals surface area (Å²) in [6.45, 7) is 0. The lowest BCUT2D eigenvalue weighted by atomic mass is 10.1. The van der Waals surface area contributed by atoms with E-state index in [-0.39, 0.29) is 0 Å². The molecule has 3 aromatic rings. The van der Waals surface area contributed by atoms with Crippen LogP contribution in [0.15, 0.2) is 48.0 Å². The number of nitrogens with one attached hydrogen (secondary N) is 1. The summed E-state index contributed by atoms with van der Waals surface area (Å²) < 4.78 is 39.8. The molecule has 0 fully saturated rings. The Bertz CT molecular complexity index is 862. The van der Waals surface area contributed by atoms with Gasteiger partial charge in [-0.15, -0.1) is 11.3 Å². The number of aromatic nitrogens is 1. The summed E-state index contributed by atoms with van der Waals surface area (Å²) in [5.41, 5.74) is 2.13. The maximum absolute atomic E-state index is 13.7. The van der Waals surface area contributed by atoms with Gasteiger partial charge in [0.1, 0.15) is 16.5 Å². The number of carbonyl (C=O) groups excluding carboxylic acids is 1. The van der Waals surface area contributed by atoms with Crippen LogP contribution in [0, 0.1) is 17.5 Å². The van der Waals surface area contributed by atoms with Crippen molar-refractivity contribution >= 4 is 22.2 Å². The SMILES string of the molecule is O=C(Nc1scnc1-c1ccc(F)cc1)c1cccc(F)c1F. The molecule has 1 aromatic heterocycles. The van der Waals surface area contributed by atoms with E-state index in [1.54, 1.807) is 0 Å². The zero-order valence-corrected chi connectivity index (χ0v) is 12.3. The van der Waals surface area contributed by atoms with Crippen molar-refractivity contribution in [1.29, 1.82) is 0 Å². The van der Waals surface area contributed by atoms with Crippen molar-refractivity contribution < 1.29 is 18.0 Å². The van der Waals surface area contributed by atoms with Crippen LogP contribution in [0.3, 0.4) is 0 Å². The molecule has 0 unspecified atom stereocenters. The van der Waals surface area contributed by atoms with Gasteiger partial charge in [0, 0.05) is 5.56 Å². The number of thiazole rings is 1. The lowest BCUT2D eigenvalue weighted by Crippen LogP contribution is -2.14. The van der Waals surface area contributed by atoms with Crippen LogP contribution in [0.1, 0.15) is 10.4 Å². The van der Waals surface area contributed by atoms with Gasteiger partial charge >= 0.3 is 0 Å². The molecule has 3 nitrogen and oxygen atoms in total. The molecular formula is C16H9F3N2OS. The number of amides is 1. The first-order valence-corrected chi connectivity index (χ1v) is 7.39. The molecule has 1 heterocycles. The highest BCUT2D eigenvalue weighted by Crippen LogP contribution is 2.31. The summed E-state index contributed by atoms with van der Waals surface area (Å²) in [4.78, 5) is 16.2. The zero-order chi connectivity index (χ0) is 16.4. The van der Waals surface area contributed by atoms with Gasteiger partial charge in [0.05, 0.1) is 11.1 Å². The van der Waals surface area contributed by atoms with Gasteiger partial charge in [-0.1, -0.05) is 6.07 Å². The van der Waals surface area contributed by atoms with Crippen molar-refractivity contribution in [2.24, 2.45) is 0 Å². The number of halogens is 3. The molecule has 0 aliphatic carbocycles. The van der Waals surface area contributed by atoms with Crippen LogP contribution in [0.2, 0.25) is 0 Å². The Balaban J connectivity index is 1.90. The van der Waals surface area contributed by atoms with E-state index in [4.69, 9.17) is 0 Å². The third-order valence-electron chi connectivity index (χ3n) is 3.11. The van der Waals surface area contributed by atoms with E-state index in [1.807, 2.05) is 0 Å². The van der Waals surface area contributed by atoms with Crippen LogP contribution >= 0.6 is 11.3 Å². The summed E-state index contributed by atoms with van der Waals surface area (Å²) in [5, 5.41) is 2.87. The standard InChI is InChI=1S/C16H9F3N2OS/c17-10-6-4-9(5-7-10)14-16(23-8-20-14)21-15(22)11-2-1-3-12(18)13(11)19/h1-8H,(H,21,22). The topological polar surface area (TPSA) is 42.0 Å². The van der Waals surface area contributed by atoms with Crippen LogP contribution in [-0.4, -0.2) is 10.9 Å². The molecule has 0 bridgehead atoms. The Hall–Kier alpha value is -2.67. The summed E-state index contributed by atoms with van der Waals surface area (Å²) >= 11 is 1.13. The van der Waals surface area contributed by atoms with Gasteiger partial charge in [-0.25, -0.2) is 18.2 Å². The van der Waals surface area contributed by atoms with Gasteiger partial charge in [0.15, 0.2) is 11.6 Å². The zero-order valence-electron chi connectivity index (χ0n) is 11.5. The summed E-state index contributed by atoms with van der Waals surface area (Å²) in [6.07, 6.45) is 0. The predicted octanol–water partition coefficient (Wildman–Crippen LogP) is 4.48. The maximum Gasteiger partial charge on any atom is 0.259 e. The number of benzene rings is 2. The van der Waals surface area contributed by atoms with E-state index in [0.717, 1.165) is 17.4 Å². The van der Waals surface area contributed by atoms with Gasteiger partial charge in [0.2, 0.25) is 0 Å². The molecular weight excluding hydrogens is 325 g/mol. The smallest absolute Gasteiger partial charge is 0.259 e. The Morgan fingerprint density at radius 1 is 1.04 bits per heavy atom. The molecule has 1 N–H and O–H groups in total. The first-order valence-electron chi connectivity index (χ1n) is 6.51. The van der Waals surface area contributed by atoms with Crippen molar-refractivity contribution in [2.75, 3.05) is 5.32 Å². The van der Waals surface area contributed by atoms with Gasteiger partial charge in [-0.3, -0.25) is 4.79 Å². The highest BCUT2D eigenvalue weighted by atomic mass is 32.1. The molecule has 1 amide bonds. The number of anilines is 1. The maximum atomic E-state index is 13.7. The Morgan fingerprint density at radius 2 is 1.78 bits per heavy atom. The van der Waals surface area contributed by atoms with Crippen LogP contribution in [0.5, 0.6) is 0 Å². The van der Waals surface area contributed by atoms with E-state index >= 15 is 0 Å². The molecule has 0 atom stereocenters. The molecule has 116 valence electrons. The monoisotopic (exact) mass is 334 g/mol. The van der Waals surface area contributed by atoms with Crippen LogP contribution in [-0.2, 0) is 0 Å². The predicted molar refractivity (Wildman–Crippen MR) is 81.8 cm³/mol. The minimum absolute atomic E-state index is 0.366. The summed E-state index contributed by atoms with van der Waals surface area (Å²) in [6, 6.07) is 8.95. The van der Waals surface area contributed by atoms with E-state index in [0.29, 0.717) is 16.3 Å². The molecule has 0 aliphatic rings. The largest absolute Gasteiger partial charge is 0.312 e. The van der Waals surface area contributed by atoms with E-state index in [1.165, 1.54) is 41.9 Å². The normalized spacial score (nSPS) is 10.6. The lowest BCUT2D eigenvalue weighted by Gasteiger charge is -2.07. The number of rotatable bonds is 3. The van der Waals surface area contributed by atoms with Crippen molar-refractivity contribution in [3.63, 3.8) is 0 Å². The summed E-state index contributed by atoms with van der Waals surface area (Å²) in [5.74, 6) is -3.48. The van der Waals surface area contributed by atoms with Gasteiger partial charge in [0.25, 0.3) is 5.91 Å². The lowest BCUT2D eigenvalue weighted by molar-refractivity contribution is 0.102. The quantitative estimate of drug-likeness (QED) is 0.767. The average Bonchev–Trinajstić information content (AvgIpc) is 2.99.